The number of carbonyl (C=O) groups excluding carboxylic acids is 4. The van der Waals surface area contributed by atoms with E-state index in [0.29, 0.717) is 22.3 Å². The van der Waals surface area contributed by atoms with Crippen molar-refractivity contribution in [2.75, 3.05) is 6.61 Å². The summed E-state index contributed by atoms with van der Waals surface area (Å²) in [6.45, 7) is 12.4. The van der Waals surface area contributed by atoms with Crippen molar-refractivity contribution in [1.82, 2.24) is 0 Å². The molecule has 4 aliphatic carbocycles. The van der Waals surface area contributed by atoms with Gasteiger partial charge in [0.15, 0.2) is 17.5 Å². The molecule has 1 spiro atoms. The van der Waals surface area contributed by atoms with E-state index in [9.17, 15) is 24.6 Å². The molecule has 0 aromatic heterocycles. The number of rotatable bonds is 8. The van der Waals surface area contributed by atoms with Gasteiger partial charge >= 0.3 is 17.9 Å². The van der Waals surface area contributed by atoms with Gasteiger partial charge in [-0.3, -0.25) is 9.59 Å². The smallest absolute Gasteiger partial charge is 0.338 e. The van der Waals surface area contributed by atoms with Crippen LogP contribution < -0.4 is 0 Å². The van der Waals surface area contributed by atoms with E-state index >= 15 is 4.79 Å². The lowest BCUT2D eigenvalue weighted by Gasteiger charge is -2.49. The fourth-order valence-corrected chi connectivity index (χ4v) is 9.06. The monoisotopic (exact) mass is 670 g/mol. The van der Waals surface area contributed by atoms with E-state index in [0.717, 1.165) is 0 Å². The van der Waals surface area contributed by atoms with E-state index in [4.69, 9.17) is 14.2 Å². The maximum Gasteiger partial charge on any atom is 0.338 e. The van der Waals surface area contributed by atoms with Gasteiger partial charge in [-0.1, -0.05) is 83.2 Å². The maximum atomic E-state index is 15.2. The highest BCUT2D eigenvalue weighted by molar-refractivity contribution is 5.96. The number of esters is 3. The Morgan fingerprint density at radius 3 is 2.06 bits per heavy atom. The number of ether oxygens (including phenoxy) is 3. The predicted molar refractivity (Wildman–Crippen MR) is 180 cm³/mol. The van der Waals surface area contributed by atoms with E-state index in [1.165, 1.54) is 0 Å². The average molecular weight is 671 g/mol. The second-order valence-electron chi connectivity index (χ2n) is 15.2. The van der Waals surface area contributed by atoms with Crippen LogP contribution in [0.5, 0.6) is 0 Å². The first-order valence-electron chi connectivity index (χ1n) is 17.1. The molecule has 0 heterocycles. The number of hydrogen-bond donors (Lipinski definition) is 2. The van der Waals surface area contributed by atoms with Crippen LogP contribution in [0.1, 0.15) is 75.6 Å². The first-order chi connectivity index (χ1) is 23.1. The van der Waals surface area contributed by atoms with Gasteiger partial charge in [0.25, 0.3) is 0 Å². The Labute approximate surface area is 287 Å². The number of allylic oxidation sites excluding steroid dienone is 1. The second-order valence-corrected chi connectivity index (χ2v) is 15.2. The normalized spacial score (nSPS) is 36.6. The van der Waals surface area contributed by atoms with Gasteiger partial charge in [0.2, 0.25) is 0 Å². The largest absolute Gasteiger partial charge is 0.461 e. The summed E-state index contributed by atoms with van der Waals surface area (Å²) in [5.41, 5.74) is -4.73. The minimum Gasteiger partial charge on any atom is -0.461 e. The molecule has 2 fully saturated rings. The number of carbonyl (C=O) groups is 4. The fourth-order valence-electron chi connectivity index (χ4n) is 9.06. The van der Waals surface area contributed by atoms with Crippen LogP contribution in [0, 0.1) is 40.4 Å². The molecular weight excluding hydrogens is 624 g/mol. The van der Waals surface area contributed by atoms with E-state index in [1.807, 2.05) is 20.8 Å². The minimum absolute atomic E-state index is 0.0368. The van der Waals surface area contributed by atoms with Gasteiger partial charge in [-0.15, -0.1) is 0 Å². The van der Waals surface area contributed by atoms with Gasteiger partial charge in [0, 0.05) is 17.3 Å². The predicted octanol–water partition coefficient (Wildman–Crippen LogP) is 5.50. The summed E-state index contributed by atoms with van der Waals surface area (Å²) in [5.74, 6) is -4.88. The second kappa shape index (κ2) is 12.1. The third kappa shape index (κ3) is 4.95. The molecule has 0 amide bonds. The third-order valence-corrected chi connectivity index (χ3v) is 12.2. The van der Waals surface area contributed by atoms with Crippen molar-refractivity contribution in [3.8, 4) is 0 Å². The zero-order valence-electron chi connectivity index (χ0n) is 29.1. The number of aliphatic hydroxyl groups excluding tert-OH is 1. The van der Waals surface area contributed by atoms with Gasteiger partial charge in [0.1, 0.15) is 18.3 Å². The number of fused-ring (bicyclic) bond motifs is 3. The Bertz CT molecular complexity index is 1730. The Morgan fingerprint density at radius 1 is 0.918 bits per heavy atom. The first-order valence-corrected chi connectivity index (χ1v) is 17.1. The van der Waals surface area contributed by atoms with Crippen molar-refractivity contribution in [3.05, 3.63) is 95.1 Å². The highest BCUT2D eigenvalue weighted by atomic mass is 16.6. The lowest BCUT2D eigenvalue weighted by Crippen LogP contribution is -2.65. The molecule has 9 nitrogen and oxygen atoms in total. The van der Waals surface area contributed by atoms with Gasteiger partial charge in [-0.25, -0.2) is 9.59 Å². The quantitative estimate of drug-likeness (QED) is 0.212. The van der Waals surface area contributed by atoms with Gasteiger partial charge in [-0.2, -0.15) is 0 Å². The Hall–Kier alpha value is -4.08. The van der Waals surface area contributed by atoms with Crippen LogP contribution in [0.2, 0.25) is 0 Å². The van der Waals surface area contributed by atoms with Gasteiger partial charge in [-0.05, 0) is 67.5 Å². The molecule has 2 aromatic carbocycles. The molecule has 9 heteroatoms. The summed E-state index contributed by atoms with van der Waals surface area (Å²) >= 11 is 0. The van der Waals surface area contributed by atoms with Crippen LogP contribution in [-0.4, -0.2) is 63.9 Å². The van der Waals surface area contributed by atoms with Crippen molar-refractivity contribution in [2.45, 2.75) is 78.3 Å². The van der Waals surface area contributed by atoms with Crippen LogP contribution in [-0.2, 0) is 23.8 Å². The summed E-state index contributed by atoms with van der Waals surface area (Å²) < 4.78 is 18.4. The molecule has 2 saturated carbocycles. The Kier molecular flexibility index (Phi) is 8.56. The molecule has 49 heavy (non-hydrogen) atoms. The molecule has 2 aromatic rings. The first kappa shape index (κ1) is 34.8. The molecule has 10 atom stereocenters. The molecule has 1 unspecified atom stereocenters. The summed E-state index contributed by atoms with van der Waals surface area (Å²) in [6, 6.07) is 17.1. The minimum atomic E-state index is -2.23. The van der Waals surface area contributed by atoms with Gasteiger partial charge < -0.3 is 24.4 Å². The highest BCUT2D eigenvalue weighted by Gasteiger charge is 2.85. The van der Waals surface area contributed by atoms with Gasteiger partial charge in [0.05, 0.1) is 22.5 Å². The molecule has 6 rings (SSSR count). The molecular formula is C40H46O9. The lowest BCUT2D eigenvalue weighted by molar-refractivity contribution is -0.206. The van der Waals surface area contributed by atoms with E-state index < -0.39 is 75.8 Å². The molecule has 0 saturated heterocycles. The van der Waals surface area contributed by atoms with Crippen LogP contribution >= 0.6 is 0 Å². The summed E-state index contributed by atoms with van der Waals surface area (Å²) in [6.07, 6.45) is 0.588. The third-order valence-electron chi connectivity index (χ3n) is 12.2. The lowest BCUT2D eigenvalue weighted by atomic mass is 9.59. The maximum absolute atomic E-state index is 15.2. The SMILES string of the molecule is CC1=C[C@@H]2C(=O)[C@]3(C=C(C)[C@H](OC(=O)C(C)C(C)C)[C@@]3(O)[C@@H]1O)[C@H](C)C[C@@]1(OC(=O)c3ccccc3)[C@H]2[C@]1(C)COC(=O)c1ccccc1. The van der Waals surface area contributed by atoms with Crippen LogP contribution in [0.25, 0.3) is 0 Å². The summed E-state index contributed by atoms with van der Waals surface area (Å²) in [4.78, 5) is 55.5. The van der Waals surface area contributed by atoms with Crippen molar-refractivity contribution in [1.29, 1.82) is 0 Å². The number of hydrogen-bond acceptors (Lipinski definition) is 9. The van der Waals surface area contributed by atoms with E-state index in [2.05, 4.69) is 0 Å². The average Bonchev–Trinajstić information content (AvgIpc) is 3.53. The van der Waals surface area contributed by atoms with Crippen LogP contribution in [0.4, 0.5) is 0 Å². The van der Waals surface area contributed by atoms with Crippen molar-refractivity contribution in [3.63, 3.8) is 0 Å². The fraction of sp³-hybridized carbons (Fsp3) is 0.500. The standard InChI is InChI=1S/C40H46O9/c1-22(2)26(6)34(43)48-33-24(4)19-38-25(5)20-39(49-36(45)28-16-12-9-13-17-28)30(29(32(38)42)18-23(3)31(41)40(33,38)46)37(39,7)21-47-35(44)27-14-10-8-11-15-27/h8-19,22,25-26,29-31,33,41,46H,20-21H2,1-7H3/t25-,26?,29+,30-,31-,33+,37+,38+,39-,40+/m1/s1. The van der Waals surface area contributed by atoms with Crippen molar-refractivity contribution >= 4 is 23.7 Å². The van der Waals surface area contributed by atoms with Crippen LogP contribution in [0.3, 0.4) is 0 Å². The van der Waals surface area contributed by atoms with Crippen LogP contribution in [0.15, 0.2) is 84.0 Å². The zero-order chi connectivity index (χ0) is 35.7. The number of ketones is 1. The molecule has 2 N–H and O–H groups in total. The Morgan fingerprint density at radius 2 is 1.49 bits per heavy atom. The summed E-state index contributed by atoms with van der Waals surface area (Å²) in [7, 11) is 0. The Balaban J connectivity index is 1.45. The molecule has 2 bridgehead atoms. The van der Waals surface area contributed by atoms with Crippen molar-refractivity contribution < 1.29 is 43.6 Å². The topological polar surface area (TPSA) is 136 Å². The molecule has 0 radical (unpaired) electrons. The molecule has 260 valence electrons. The molecule has 0 aliphatic heterocycles. The highest BCUT2D eigenvalue weighted by Crippen LogP contribution is 2.75. The van der Waals surface area contributed by atoms with Crippen molar-refractivity contribution in [2.24, 2.45) is 40.4 Å². The summed E-state index contributed by atoms with van der Waals surface area (Å²) in [5, 5.41) is 24.8. The van der Waals surface area contributed by atoms with E-state index in [-0.39, 0.29) is 24.7 Å². The number of aliphatic hydroxyl groups is 2. The number of Topliss-reactive ketones (excluding diaryl/α,β-unsaturated/α-hetero) is 1. The molecule has 4 aliphatic rings. The number of benzene rings is 2. The zero-order valence-corrected chi connectivity index (χ0v) is 29.1. The van der Waals surface area contributed by atoms with E-state index in [1.54, 1.807) is 101 Å².